The van der Waals surface area contributed by atoms with Gasteiger partial charge in [-0.05, 0) is 22.6 Å². The molecule has 90 valence electrons. The fourth-order valence-electron chi connectivity index (χ4n) is 1.24. The van der Waals surface area contributed by atoms with Crippen LogP contribution < -0.4 is 0 Å². The largest absolute Gasteiger partial charge is 0.373 e. The molecule has 0 heterocycles. The van der Waals surface area contributed by atoms with Crippen molar-refractivity contribution in [3.63, 3.8) is 0 Å². The van der Waals surface area contributed by atoms with Gasteiger partial charge in [0.2, 0.25) is 0 Å². The summed E-state index contributed by atoms with van der Waals surface area (Å²) in [6.45, 7) is 0. The molecule has 8 heteroatoms. The fourth-order valence-corrected chi connectivity index (χ4v) is 1.24. The Labute approximate surface area is 101 Å². The summed E-state index contributed by atoms with van der Waals surface area (Å²) >= 11 is 0. The Hall–Kier alpha value is -3.08. The van der Waals surface area contributed by atoms with Crippen molar-refractivity contribution in [2.24, 2.45) is 0 Å². The van der Waals surface area contributed by atoms with Crippen LogP contribution in [0.3, 0.4) is 0 Å². The molecule has 18 heavy (non-hydrogen) atoms. The van der Waals surface area contributed by atoms with Gasteiger partial charge in [-0.15, -0.1) is 5.53 Å². The van der Waals surface area contributed by atoms with Crippen LogP contribution in [0.1, 0.15) is 20.7 Å². The summed E-state index contributed by atoms with van der Waals surface area (Å²) in [6.07, 6.45) is 2.62. The molecule has 1 aliphatic carbocycles. The molecule has 0 aliphatic heterocycles. The van der Waals surface area contributed by atoms with Gasteiger partial charge in [-0.2, -0.15) is 0 Å². The molecule has 1 N–H and O–H groups in total. The van der Waals surface area contributed by atoms with E-state index in [2.05, 4.69) is 0 Å². The highest BCUT2D eigenvalue weighted by Crippen LogP contribution is 2.15. The van der Waals surface area contributed by atoms with Gasteiger partial charge in [0.15, 0.2) is 11.6 Å². The van der Waals surface area contributed by atoms with Crippen LogP contribution in [0.4, 0.5) is 0 Å². The van der Waals surface area contributed by atoms with Gasteiger partial charge in [-0.25, -0.2) is 0 Å². The van der Waals surface area contributed by atoms with Crippen LogP contribution in [0, 0.1) is 5.53 Å². The molecule has 0 atom stereocenters. The summed E-state index contributed by atoms with van der Waals surface area (Å²) in [4.78, 5) is 25.6. The van der Waals surface area contributed by atoms with E-state index in [-0.39, 0.29) is 11.6 Å². The second kappa shape index (κ2) is 8.12. The first-order valence-corrected chi connectivity index (χ1v) is 4.47. The van der Waals surface area contributed by atoms with Gasteiger partial charge in [0, 0.05) is 11.1 Å². The zero-order valence-corrected chi connectivity index (χ0v) is 9.02. The number of hydrogen-bond acceptors (Lipinski definition) is 3. The molecule has 0 bridgehead atoms. The van der Waals surface area contributed by atoms with Crippen LogP contribution in [0.2, 0.25) is 0 Å². The predicted octanol–water partition coefficient (Wildman–Crippen LogP) is 3.36. The third-order valence-corrected chi connectivity index (χ3v) is 1.84. The summed E-state index contributed by atoms with van der Waals surface area (Å²) < 4.78 is 0. The molecule has 0 fully saturated rings. The fraction of sp³-hybridized carbons (Fsp3) is 0. The number of hydrogen-bond donors (Lipinski definition) is 1. The Morgan fingerprint density at radius 3 is 1.44 bits per heavy atom. The maximum atomic E-state index is 11.2. The van der Waals surface area contributed by atoms with Crippen molar-refractivity contribution in [2.45, 2.75) is 0 Å². The van der Waals surface area contributed by atoms with E-state index in [0.29, 0.717) is 11.1 Å². The van der Waals surface area contributed by atoms with E-state index >= 15 is 0 Å². The number of rotatable bonds is 0. The maximum absolute atomic E-state index is 11.2. The normalized spacial score (nSPS) is 10.7. The zero-order chi connectivity index (χ0) is 14.0. The van der Waals surface area contributed by atoms with Crippen molar-refractivity contribution in [1.29, 1.82) is 5.53 Å². The molecular formula is C10H7N6O2-. The van der Waals surface area contributed by atoms with Crippen molar-refractivity contribution in [1.82, 2.24) is 0 Å². The number of carbonyl (C=O) groups is 2. The van der Waals surface area contributed by atoms with E-state index in [9.17, 15) is 9.59 Å². The van der Waals surface area contributed by atoms with Gasteiger partial charge in [0.05, 0.1) is 0 Å². The summed E-state index contributed by atoms with van der Waals surface area (Å²) in [5, 5.41) is 0. The minimum atomic E-state index is -0.0924. The Morgan fingerprint density at radius 1 is 0.889 bits per heavy atom. The number of nitrogens with zero attached hydrogens (tertiary/aromatic N) is 5. The Kier molecular flexibility index (Phi) is 6.73. The second-order valence-corrected chi connectivity index (χ2v) is 2.80. The molecule has 0 aromatic heterocycles. The first-order valence-electron chi connectivity index (χ1n) is 4.47. The van der Waals surface area contributed by atoms with Crippen LogP contribution in [-0.2, 0) is 0 Å². The van der Waals surface area contributed by atoms with Gasteiger partial charge in [0.1, 0.15) is 0 Å². The number of benzene rings is 1. The standard InChI is InChI=1S/C10H6O2.HN3.N3/c11-9-5-6-10(12)8-4-2-1-3-7(8)9;2*1-3-2/h1-6H;1H;/q;;-1. The highest BCUT2D eigenvalue weighted by Gasteiger charge is 2.16. The van der Waals surface area contributed by atoms with Crippen LogP contribution >= 0.6 is 0 Å². The smallest absolute Gasteiger partial charge is 0.186 e. The lowest BCUT2D eigenvalue weighted by atomic mass is 9.95. The number of ketones is 2. The lowest BCUT2D eigenvalue weighted by Crippen LogP contribution is -2.10. The van der Waals surface area contributed by atoms with E-state index in [4.69, 9.17) is 22.1 Å². The van der Waals surface area contributed by atoms with E-state index in [1.54, 1.807) is 29.2 Å². The highest BCUT2D eigenvalue weighted by atomic mass is 16.1. The first kappa shape index (κ1) is 14.9. The monoisotopic (exact) mass is 243 g/mol. The van der Waals surface area contributed by atoms with Crippen LogP contribution in [0.5, 0.6) is 0 Å². The van der Waals surface area contributed by atoms with E-state index in [1.165, 1.54) is 17.1 Å². The summed E-state index contributed by atoms with van der Waals surface area (Å²) in [5.41, 5.74) is 26.8. The predicted molar refractivity (Wildman–Crippen MR) is 63.8 cm³/mol. The van der Waals surface area contributed by atoms with Gasteiger partial charge in [-0.1, -0.05) is 24.3 Å². The molecule has 1 aromatic rings. The maximum Gasteiger partial charge on any atom is 0.186 e. The first-order chi connectivity index (χ1) is 8.62. The second-order valence-electron chi connectivity index (χ2n) is 2.80. The van der Waals surface area contributed by atoms with Gasteiger partial charge in [0.25, 0.3) is 0 Å². The van der Waals surface area contributed by atoms with Crippen molar-refractivity contribution < 1.29 is 9.59 Å². The topological polar surface area (TPSA) is 153 Å². The van der Waals surface area contributed by atoms with Crippen molar-refractivity contribution in [3.8, 4) is 0 Å². The number of carbonyl (C=O) groups excluding carboxylic acids is 2. The van der Waals surface area contributed by atoms with E-state index in [1.807, 2.05) is 0 Å². The average molecular weight is 243 g/mol. The van der Waals surface area contributed by atoms with Crippen molar-refractivity contribution in [3.05, 3.63) is 74.0 Å². The quantitative estimate of drug-likeness (QED) is 0.421. The average Bonchev–Trinajstić information content (AvgIpc) is 2.36. The van der Waals surface area contributed by atoms with Gasteiger partial charge >= 0.3 is 0 Å². The third-order valence-electron chi connectivity index (χ3n) is 1.84. The Morgan fingerprint density at radius 2 is 1.17 bits per heavy atom. The Bertz CT molecular complexity index is 502. The Balaban J connectivity index is 0.000000414. The van der Waals surface area contributed by atoms with Crippen LogP contribution in [0.25, 0.3) is 26.4 Å². The number of allylic oxidation sites excluding steroid dienone is 2. The van der Waals surface area contributed by atoms with Crippen LogP contribution in [-0.4, -0.2) is 11.6 Å². The summed E-state index contributed by atoms with van der Waals surface area (Å²) in [7, 11) is 0. The summed E-state index contributed by atoms with van der Waals surface area (Å²) in [5.74, 6) is -0.185. The minimum Gasteiger partial charge on any atom is -0.373 e. The van der Waals surface area contributed by atoms with Crippen LogP contribution in [0.15, 0.2) is 36.4 Å². The highest BCUT2D eigenvalue weighted by molar-refractivity contribution is 6.21. The lowest BCUT2D eigenvalue weighted by molar-refractivity contribution is 0.0994. The van der Waals surface area contributed by atoms with E-state index < -0.39 is 0 Å². The third kappa shape index (κ3) is 4.19. The van der Waals surface area contributed by atoms with Crippen molar-refractivity contribution >= 4 is 11.6 Å². The molecule has 1 aromatic carbocycles. The minimum absolute atomic E-state index is 0.0924. The molecule has 0 saturated heterocycles. The number of nitrogens with one attached hydrogen (secondary N) is 1. The van der Waals surface area contributed by atoms with Gasteiger partial charge < -0.3 is 11.1 Å². The number of fused-ring (bicyclic) bond motifs is 1. The molecule has 0 saturated carbocycles. The van der Waals surface area contributed by atoms with Gasteiger partial charge in [-0.3, -0.25) is 14.5 Å². The molecular weight excluding hydrogens is 236 g/mol. The molecule has 0 amide bonds. The molecule has 8 nitrogen and oxygen atoms in total. The van der Waals surface area contributed by atoms with E-state index in [0.717, 1.165) is 0 Å². The lowest BCUT2D eigenvalue weighted by Gasteiger charge is -2.06. The summed E-state index contributed by atoms with van der Waals surface area (Å²) in [6, 6.07) is 6.84. The molecule has 2 rings (SSSR count). The van der Waals surface area contributed by atoms with Crippen molar-refractivity contribution in [2.75, 3.05) is 0 Å². The zero-order valence-electron chi connectivity index (χ0n) is 9.02. The molecule has 1 aliphatic rings. The molecule has 0 spiro atoms. The SMILES string of the molecule is O=C1C=CC(=O)c2ccccc21.[N-]=[N+]=N.[N-]=[N+]=[N-]. The molecule has 0 unspecified atom stereocenters. The molecule has 0 radical (unpaired) electrons.